The van der Waals surface area contributed by atoms with Gasteiger partial charge in [0.05, 0.1) is 23.9 Å². The van der Waals surface area contributed by atoms with Crippen LogP contribution in [0.25, 0.3) is 0 Å². The van der Waals surface area contributed by atoms with Crippen molar-refractivity contribution in [2.45, 2.75) is 38.3 Å². The van der Waals surface area contributed by atoms with Crippen LogP contribution in [0.2, 0.25) is 25.7 Å². The number of aliphatic imine (C=N–C) groups is 1. The van der Waals surface area contributed by atoms with Gasteiger partial charge in [0.25, 0.3) is 0 Å². The highest BCUT2D eigenvalue weighted by Crippen LogP contribution is 2.43. The first-order valence-corrected chi connectivity index (χ1v) is 13.2. The molecule has 25 heavy (non-hydrogen) atoms. The molecule has 1 aliphatic carbocycles. The van der Waals surface area contributed by atoms with Crippen LogP contribution in [0.3, 0.4) is 0 Å². The Bertz CT molecular complexity index is 672. The number of allylic oxidation sites excluding steroid dienone is 3. The first-order valence-electron chi connectivity index (χ1n) is 9.53. The summed E-state index contributed by atoms with van der Waals surface area (Å²) in [5.41, 5.74) is 5.24. The number of methoxy groups -OCH3 is 1. The van der Waals surface area contributed by atoms with Crippen LogP contribution in [0.4, 0.5) is 0 Å². The zero-order valence-corrected chi connectivity index (χ0v) is 16.9. The van der Waals surface area contributed by atoms with Gasteiger partial charge in [0.15, 0.2) is 0 Å². The number of hydrogen-bond donors (Lipinski definition) is 0. The molecule has 4 atom stereocenters. The SMILES string of the molecule is COC1C2C3=NC4=CCN1CCC4=C3C=CC2COCC[Si](C)(C)C. The van der Waals surface area contributed by atoms with E-state index in [0.717, 1.165) is 32.7 Å². The summed E-state index contributed by atoms with van der Waals surface area (Å²) >= 11 is 0. The molecule has 0 amide bonds. The van der Waals surface area contributed by atoms with Crippen molar-refractivity contribution < 1.29 is 9.47 Å². The van der Waals surface area contributed by atoms with Crippen molar-refractivity contribution in [3.05, 3.63) is 35.1 Å². The standard InChI is InChI=1S/C20H30N2O2Si/c1-23-20-18-14(13-24-11-12-25(2,3)4)5-6-16-15-7-9-22(20)10-8-17(15)21-19(16)18/h5-6,8,14,18,20H,7,9-13H2,1-4H3. The zero-order chi connectivity index (χ0) is 17.6. The number of hydrogen-bond acceptors (Lipinski definition) is 4. The van der Waals surface area contributed by atoms with E-state index in [1.165, 1.54) is 28.6 Å². The van der Waals surface area contributed by atoms with E-state index in [1.807, 2.05) is 7.11 Å². The van der Waals surface area contributed by atoms with E-state index >= 15 is 0 Å². The first kappa shape index (κ1) is 17.4. The van der Waals surface area contributed by atoms with E-state index in [9.17, 15) is 0 Å². The minimum atomic E-state index is -1.04. The molecule has 5 heteroatoms. The molecule has 5 aliphatic rings. The van der Waals surface area contributed by atoms with Crippen molar-refractivity contribution >= 4 is 13.8 Å². The minimum Gasteiger partial charge on any atom is -0.381 e. The zero-order valence-electron chi connectivity index (χ0n) is 15.9. The van der Waals surface area contributed by atoms with Gasteiger partial charge >= 0.3 is 0 Å². The fraction of sp³-hybridized carbons (Fsp3) is 0.650. The molecule has 6 bridgehead atoms. The van der Waals surface area contributed by atoms with Crippen molar-refractivity contribution in [1.82, 2.24) is 4.90 Å². The highest BCUT2D eigenvalue weighted by molar-refractivity contribution is 6.76. The van der Waals surface area contributed by atoms with Gasteiger partial charge in [-0.3, -0.25) is 9.89 Å². The molecule has 0 aromatic heterocycles. The van der Waals surface area contributed by atoms with E-state index < -0.39 is 8.07 Å². The smallest absolute Gasteiger partial charge is 0.119 e. The second-order valence-corrected chi connectivity index (χ2v) is 14.4. The summed E-state index contributed by atoms with van der Waals surface area (Å²) in [7, 11) is 0.797. The fourth-order valence-corrected chi connectivity index (χ4v) is 5.13. The molecule has 0 aromatic rings. The van der Waals surface area contributed by atoms with Crippen LogP contribution in [0.5, 0.6) is 0 Å². The van der Waals surface area contributed by atoms with E-state index in [1.54, 1.807) is 0 Å². The number of rotatable bonds is 6. The molecule has 0 spiro atoms. The third kappa shape index (κ3) is 3.23. The Hall–Kier alpha value is -1.01. The van der Waals surface area contributed by atoms with Gasteiger partial charge in [-0.1, -0.05) is 31.8 Å². The first-order chi connectivity index (χ1) is 12.0. The lowest BCUT2D eigenvalue weighted by Gasteiger charge is -2.41. The third-order valence-corrected chi connectivity index (χ3v) is 7.53. The van der Waals surface area contributed by atoms with Gasteiger partial charge in [-0.2, -0.15) is 0 Å². The molecule has 0 aromatic carbocycles. The molecule has 4 unspecified atom stereocenters. The van der Waals surface area contributed by atoms with Crippen LogP contribution >= 0.6 is 0 Å². The topological polar surface area (TPSA) is 34.1 Å². The third-order valence-electron chi connectivity index (χ3n) is 5.82. The van der Waals surface area contributed by atoms with Crippen molar-refractivity contribution in [3.8, 4) is 0 Å². The second-order valence-electron chi connectivity index (χ2n) is 8.78. The maximum Gasteiger partial charge on any atom is 0.119 e. The molecular formula is C20H30N2O2Si. The fourth-order valence-electron chi connectivity index (χ4n) is 4.37. The lowest BCUT2D eigenvalue weighted by molar-refractivity contribution is -0.0645. The molecule has 4 heterocycles. The summed E-state index contributed by atoms with van der Waals surface area (Å²) in [6.45, 7) is 10.8. The minimum absolute atomic E-state index is 0.0849. The van der Waals surface area contributed by atoms with Gasteiger partial charge in [0.2, 0.25) is 0 Å². The average Bonchev–Trinajstić information content (AvgIpc) is 2.81. The molecular weight excluding hydrogens is 328 g/mol. The largest absolute Gasteiger partial charge is 0.381 e. The Kier molecular flexibility index (Phi) is 4.60. The van der Waals surface area contributed by atoms with Crippen LogP contribution in [-0.4, -0.2) is 58.3 Å². The summed E-state index contributed by atoms with van der Waals surface area (Å²) < 4.78 is 12.1. The summed E-state index contributed by atoms with van der Waals surface area (Å²) in [5.74, 6) is 0.617. The number of nitrogens with zero attached hydrogens (tertiary/aromatic N) is 2. The Morgan fingerprint density at radius 3 is 2.92 bits per heavy atom. The quantitative estimate of drug-likeness (QED) is 0.538. The van der Waals surface area contributed by atoms with Crippen LogP contribution in [0.15, 0.2) is 40.1 Å². The van der Waals surface area contributed by atoms with E-state index in [-0.39, 0.29) is 12.1 Å². The van der Waals surface area contributed by atoms with Gasteiger partial charge in [-0.05, 0) is 24.1 Å². The van der Waals surface area contributed by atoms with Crippen molar-refractivity contribution in [2.24, 2.45) is 16.8 Å². The van der Waals surface area contributed by atoms with Crippen LogP contribution < -0.4 is 0 Å². The number of ether oxygens (including phenoxy) is 2. The summed E-state index contributed by atoms with van der Waals surface area (Å²) in [4.78, 5) is 7.49. The van der Waals surface area contributed by atoms with Gasteiger partial charge in [-0.25, -0.2) is 0 Å². The molecule has 0 saturated heterocycles. The second kappa shape index (κ2) is 6.61. The highest BCUT2D eigenvalue weighted by atomic mass is 28.3. The molecule has 0 radical (unpaired) electrons. The van der Waals surface area contributed by atoms with Crippen LogP contribution in [0, 0.1) is 11.8 Å². The molecule has 0 saturated carbocycles. The predicted octanol–water partition coefficient (Wildman–Crippen LogP) is 3.47. The van der Waals surface area contributed by atoms with Crippen molar-refractivity contribution in [3.63, 3.8) is 0 Å². The van der Waals surface area contributed by atoms with Crippen LogP contribution in [0.1, 0.15) is 6.42 Å². The molecule has 4 aliphatic heterocycles. The maximum absolute atomic E-state index is 6.12. The van der Waals surface area contributed by atoms with E-state index in [2.05, 4.69) is 42.8 Å². The lowest BCUT2D eigenvalue weighted by Crippen LogP contribution is -2.50. The highest BCUT2D eigenvalue weighted by Gasteiger charge is 2.45. The summed E-state index contributed by atoms with van der Waals surface area (Å²) in [5, 5.41) is 0. The van der Waals surface area contributed by atoms with Gasteiger partial charge < -0.3 is 9.47 Å². The molecule has 4 nitrogen and oxygen atoms in total. The Morgan fingerprint density at radius 2 is 2.16 bits per heavy atom. The summed E-state index contributed by atoms with van der Waals surface area (Å²) in [6, 6.07) is 1.22. The average molecular weight is 359 g/mol. The van der Waals surface area contributed by atoms with Crippen molar-refractivity contribution in [2.75, 3.05) is 33.4 Å². The number of fused-ring (bicyclic) bond motifs is 2. The van der Waals surface area contributed by atoms with Gasteiger partial charge in [0, 0.05) is 46.4 Å². The normalized spacial score (nSPS) is 33.3. The molecule has 0 N–H and O–H groups in total. The van der Waals surface area contributed by atoms with E-state index in [0.29, 0.717) is 5.92 Å². The van der Waals surface area contributed by atoms with Crippen LogP contribution in [-0.2, 0) is 9.47 Å². The lowest BCUT2D eigenvalue weighted by atomic mass is 9.77. The Labute approximate surface area is 152 Å². The monoisotopic (exact) mass is 358 g/mol. The summed E-state index contributed by atoms with van der Waals surface area (Å²) in [6.07, 6.45) is 8.07. The maximum atomic E-state index is 6.12. The molecule has 0 fully saturated rings. The van der Waals surface area contributed by atoms with Crippen molar-refractivity contribution in [1.29, 1.82) is 0 Å². The van der Waals surface area contributed by atoms with E-state index in [4.69, 9.17) is 14.5 Å². The van der Waals surface area contributed by atoms with Gasteiger partial charge in [-0.15, -0.1) is 0 Å². The Morgan fingerprint density at radius 1 is 1.32 bits per heavy atom. The van der Waals surface area contributed by atoms with Gasteiger partial charge in [0.1, 0.15) is 6.23 Å². The predicted molar refractivity (Wildman–Crippen MR) is 105 cm³/mol. The molecule has 136 valence electrons. The molecule has 5 rings (SSSR count). The Balaban J connectivity index is 1.58.